The number of halogens is 3. The minimum Gasteiger partial charge on any atom is -0.508 e. The lowest BCUT2D eigenvalue weighted by atomic mass is 10.2. The Kier molecular flexibility index (Phi) is 3.12. The van der Waals surface area contributed by atoms with Crippen LogP contribution in [0.2, 0.25) is 0 Å². The number of hydrogen-bond donors (Lipinski definition) is 1. The number of aromatic hydroxyl groups is 1. The summed E-state index contributed by atoms with van der Waals surface area (Å²) in [5.74, 6) is 0.230. The first kappa shape index (κ1) is 12.6. The van der Waals surface area contributed by atoms with E-state index in [0.717, 1.165) is 0 Å². The van der Waals surface area contributed by atoms with Crippen molar-refractivity contribution < 1.29 is 23.0 Å². The molecule has 1 N–H and O–H groups in total. The Hall–Kier alpha value is -1.83. The van der Waals surface area contributed by atoms with Gasteiger partial charge in [-0.2, -0.15) is 13.2 Å². The molecule has 0 saturated heterocycles. The Morgan fingerprint density at radius 1 is 1.28 bits per heavy atom. The highest BCUT2D eigenvalue weighted by atomic mass is 32.1. The van der Waals surface area contributed by atoms with Crippen LogP contribution in [-0.4, -0.2) is 15.3 Å². The summed E-state index contributed by atoms with van der Waals surface area (Å²) in [6.45, 7) is 1.58. The molecule has 8 heteroatoms. The van der Waals surface area contributed by atoms with E-state index >= 15 is 0 Å². The van der Waals surface area contributed by atoms with Crippen LogP contribution in [0.1, 0.15) is 10.6 Å². The molecule has 18 heavy (non-hydrogen) atoms. The lowest BCUT2D eigenvalue weighted by Crippen LogP contribution is -2.03. The van der Waals surface area contributed by atoms with Gasteiger partial charge in [-0.1, -0.05) is 22.5 Å². The molecule has 0 aliphatic heterocycles. The molecule has 0 fully saturated rings. The minimum atomic E-state index is -4.53. The van der Waals surface area contributed by atoms with Crippen LogP contribution >= 0.6 is 11.3 Å². The van der Waals surface area contributed by atoms with Gasteiger partial charge in [0.05, 0.1) is 0 Å². The minimum absolute atomic E-state index is 0.00643. The van der Waals surface area contributed by atoms with Crippen molar-refractivity contribution in [2.45, 2.75) is 13.1 Å². The molecule has 0 amide bonds. The van der Waals surface area contributed by atoms with E-state index in [1.54, 1.807) is 6.92 Å². The first-order valence-electron chi connectivity index (χ1n) is 4.75. The van der Waals surface area contributed by atoms with Gasteiger partial charge in [0, 0.05) is 5.56 Å². The van der Waals surface area contributed by atoms with Crippen molar-refractivity contribution in [3.8, 4) is 16.7 Å². The van der Waals surface area contributed by atoms with Crippen LogP contribution in [0, 0.1) is 6.92 Å². The fourth-order valence-electron chi connectivity index (χ4n) is 1.17. The Balaban J connectivity index is 2.24. The van der Waals surface area contributed by atoms with Gasteiger partial charge in [-0.15, -0.1) is 5.10 Å². The summed E-state index contributed by atoms with van der Waals surface area (Å²) in [6.07, 6.45) is -4.53. The van der Waals surface area contributed by atoms with E-state index in [2.05, 4.69) is 10.2 Å². The maximum absolute atomic E-state index is 12.3. The van der Waals surface area contributed by atoms with E-state index in [0.29, 0.717) is 16.9 Å². The number of hydrogen-bond acceptors (Lipinski definition) is 5. The third-order valence-electron chi connectivity index (χ3n) is 2.10. The molecule has 0 radical (unpaired) electrons. The van der Waals surface area contributed by atoms with Crippen LogP contribution in [0.25, 0.3) is 0 Å². The monoisotopic (exact) mass is 276 g/mol. The summed E-state index contributed by atoms with van der Waals surface area (Å²) >= 11 is 0.298. The van der Waals surface area contributed by atoms with E-state index in [-0.39, 0.29) is 16.7 Å². The molecule has 0 saturated carbocycles. The Morgan fingerprint density at radius 3 is 2.61 bits per heavy atom. The maximum Gasteiger partial charge on any atom is 0.445 e. The van der Waals surface area contributed by atoms with Crippen LogP contribution in [-0.2, 0) is 6.18 Å². The predicted octanol–water partition coefficient (Wildman–Crippen LogP) is 3.36. The van der Waals surface area contributed by atoms with E-state index in [1.807, 2.05) is 0 Å². The topological polar surface area (TPSA) is 55.2 Å². The second kappa shape index (κ2) is 4.45. The lowest BCUT2D eigenvalue weighted by Gasteiger charge is -2.05. The van der Waals surface area contributed by atoms with Crippen molar-refractivity contribution >= 4 is 11.3 Å². The number of nitrogens with zero attached hydrogens (tertiary/aromatic N) is 2. The number of benzene rings is 1. The Labute approximate surface area is 104 Å². The lowest BCUT2D eigenvalue weighted by molar-refractivity contribution is -0.138. The first-order chi connectivity index (χ1) is 8.38. The molecule has 0 aliphatic rings. The standard InChI is InChI=1S/C10H7F3N2O2S/c1-5-6(16)3-2-4-7(5)17-9-15-14-8(18-9)10(11,12)13/h2-4,16H,1H3. The van der Waals surface area contributed by atoms with Crippen LogP contribution in [0.15, 0.2) is 18.2 Å². The molecule has 1 heterocycles. The first-order valence-corrected chi connectivity index (χ1v) is 5.56. The normalized spacial score (nSPS) is 11.6. The number of phenolic OH excluding ortho intramolecular Hbond substituents is 1. The summed E-state index contributed by atoms with van der Waals surface area (Å²) in [5, 5.41) is 14.4. The van der Waals surface area contributed by atoms with Crippen molar-refractivity contribution in [3.63, 3.8) is 0 Å². The third kappa shape index (κ3) is 2.53. The summed E-state index contributed by atoms with van der Waals surface area (Å²) < 4.78 is 42.0. The quantitative estimate of drug-likeness (QED) is 0.913. The van der Waals surface area contributed by atoms with Crippen LogP contribution in [0.3, 0.4) is 0 Å². The molecule has 2 rings (SSSR count). The molecule has 96 valence electrons. The van der Waals surface area contributed by atoms with Gasteiger partial charge in [-0.25, -0.2) is 0 Å². The van der Waals surface area contributed by atoms with Gasteiger partial charge < -0.3 is 9.84 Å². The zero-order valence-electron chi connectivity index (χ0n) is 9.02. The maximum atomic E-state index is 12.3. The largest absolute Gasteiger partial charge is 0.508 e. The van der Waals surface area contributed by atoms with Crippen LogP contribution in [0.4, 0.5) is 13.2 Å². The molecule has 0 atom stereocenters. The van der Waals surface area contributed by atoms with Gasteiger partial charge in [0.2, 0.25) is 5.01 Å². The number of rotatable bonds is 2. The number of phenols is 1. The summed E-state index contributed by atoms with van der Waals surface area (Å²) in [5.41, 5.74) is 0.418. The highest BCUT2D eigenvalue weighted by Crippen LogP contribution is 2.37. The molecular formula is C10H7F3N2O2S. The molecule has 0 aliphatic carbocycles. The molecule has 2 aromatic rings. The fourth-order valence-corrected chi connectivity index (χ4v) is 1.75. The van der Waals surface area contributed by atoms with E-state index in [4.69, 9.17) is 4.74 Å². The van der Waals surface area contributed by atoms with E-state index in [9.17, 15) is 18.3 Å². The van der Waals surface area contributed by atoms with Crippen LogP contribution < -0.4 is 4.74 Å². The summed E-state index contributed by atoms with van der Waals surface area (Å²) in [6, 6.07) is 4.48. The number of alkyl halides is 3. The smallest absolute Gasteiger partial charge is 0.445 e. The van der Waals surface area contributed by atoms with Gasteiger partial charge in [0.1, 0.15) is 11.5 Å². The average molecular weight is 276 g/mol. The zero-order chi connectivity index (χ0) is 13.3. The number of aromatic nitrogens is 2. The van der Waals surface area contributed by atoms with Crippen molar-refractivity contribution in [3.05, 3.63) is 28.8 Å². The molecule has 0 unspecified atom stereocenters. The second-order valence-corrected chi connectivity index (χ2v) is 4.31. The summed E-state index contributed by atoms with van der Waals surface area (Å²) in [4.78, 5) is 0. The van der Waals surface area contributed by atoms with E-state index < -0.39 is 11.2 Å². The van der Waals surface area contributed by atoms with Crippen molar-refractivity contribution in [2.75, 3.05) is 0 Å². The zero-order valence-corrected chi connectivity index (χ0v) is 9.84. The molecule has 1 aromatic carbocycles. The second-order valence-electron chi connectivity index (χ2n) is 3.37. The van der Waals surface area contributed by atoms with Gasteiger partial charge in [0.15, 0.2) is 0 Å². The van der Waals surface area contributed by atoms with Gasteiger partial charge in [-0.3, -0.25) is 0 Å². The van der Waals surface area contributed by atoms with Gasteiger partial charge in [0.25, 0.3) is 5.19 Å². The molecule has 0 spiro atoms. The highest BCUT2D eigenvalue weighted by molar-refractivity contribution is 7.13. The fraction of sp³-hybridized carbons (Fsp3) is 0.200. The van der Waals surface area contributed by atoms with Gasteiger partial charge in [-0.05, 0) is 19.1 Å². The Morgan fingerprint density at radius 2 is 2.00 bits per heavy atom. The van der Waals surface area contributed by atoms with Crippen molar-refractivity contribution in [2.24, 2.45) is 0 Å². The third-order valence-corrected chi connectivity index (χ3v) is 2.95. The SMILES string of the molecule is Cc1c(O)cccc1Oc1nnc(C(F)(F)F)s1. The highest BCUT2D eigenvalue weighted by Gasteiger charge is 2.36. The Bertz CT molecular complexity index is 568. The average Bonchev–Trinajstić information content (AvgIpc) is 2.73. The molecular weight excluding hydrogens is 269 g/mol. The molecule has 1 aromatic heterocycles. The van der Waals surface area contributed by atoms with E-state index in [1.165, 1.54) is 18.2 Å². The number of ether oxygens (including phenoxy) is 1. The van der Waals surface area contributed by atoms with Crippen molar-refractivity contribution in [1.29, 1.82) is 0 Å². The molecule has 0 bridgehead atoms. The van der Waals surface area contributed by atoms with Crippen LogP contribution in [0.5, 0.6) is 16.7 Å². The summed E-state index contributed by atoms with van der Waals surface area (Å²) in [7, 11) is 0. The van der Waals surface area contributed by atoms with Gasteiger partial charge >= 0.3 is 6.18 Å². The molecule has 4 nitrogen and oxygen atoms in total. The predicted molar refractivity (Wildman–Crippen MR) is 57.8 cm³/mol. The van der Waals surface area contributed by atoms with Crippen molar-refractivity contribution in [1.82, 2.24) is 10.2 Å².